The predicted molar refractivity (Wildman–Crippen MR) is 103 cm³/mol. The molecule has 26 heavy (non-hydrogen) atoms. The van der Waals surface area contributed by atoms with Crippen molar-refractivity contribution in [3.8, 4) is 0 Å². The fraction of sp³-hybridized carbons (Fsp3) is 0.455. The van der Waals surface area contributed by atoms with E-state index in [1.54, 1.807) is 6.92 Å². The Balaban J connectivity index is 0.00000625. The van der Waals surface area contributed by atoms with Crippen molar-refractivity contribution in [2.24, 2.45) is 5.41 Å². The summed E-state index contributed by atoms with van der Waals surface area (Å²) in [5.41, 5.74) is 5.08. The third-order valence-corrected chi connectivity index (χ3v) is 4.39. The van der Waals surface area contributed by atoms with Crippen LogP contribution in [0.15, 0.2) is 58.7 Å². The van der Waals surface area contributed by atoms with Crippen molar-refractivity contribution in [1.82, 2.24) is 0 Å². The first kappa shape index (κ1) is 24.9. The molecule has 0 aliphatic heterocycles. The largest absolute Gasteiger partial charge is 0.539 e. The first-order valence-corrected chi connectivity index (χ1v) is 8.69. The second kappa shape index (κ2) is 12.4. The molecule has 0 aromatic rings. The van der Waals surface area contributed by atoms with Crippen LogP contribution < -0.4 is 0 Å². The minimum absolute atomic E-state index is 0. The summed E-state index contributed by atoms with van der Waals surface area (Å²) in [6.07, 6.45) is 16.7. The van der Waals surface area contributed by atoms with E-state index in [0.29, 0.717) is 0 Å². The molecule has 4 heteroatoms. The third-order valence-electron chi connectivity index (χ3n) is 4.39. The van der Waals surface area contributed by atoms with E-state index in [4.69, 9.17) is 0 Å². The van der Waals surface area contributed by atoms with Crippen molar-refractivity contribution >= 4 is 12.3 Å². The average molecular weight is 430 g/mol. The Morgan fingerprint density at radius 1 is 1.23 bits per heavy atom. The van der Waals surface area contributed by atoms with Gasteiger partial charge in [-0.1, -0.05) is 55.4 Å². The number of hydrogen-bond donors (Lipinski definition) is 0. The van der Waals surface area contributed by atoms with Gasteiger partial charge in [-0.3, -0.25) is 0 Å². The third kappa shape index (κ3) is 9.05. The van der Waals surface area contributed by atoms with Crippen LogP contribution in [0.3, 0.4) is 0 Å². The van der Waals surface area contributed by atoms with Gasteiger partial charge in [0.1, 0.15) is 0 Å². The molecule has 0 aromatic carbocycles. The van der Waals surface area contributed by atoms with Crippen molar-refractivity contribution < 1.29 is 47.0 Å². The molecular formula is C22H29O3Y-. The van der Waals surface area contributed by atoms with E-state index >= 15 is 0 Å². The van der Waals surface area contributed by atoms with Gasteiger partial charge in [0.25, 0.3) is 0 Å². The maximum atomic E-state index is 11.3. The van der Waals surface area contributed by atoms with Crippen LogP contribution in [0.2, 0.25) is 0 Å². The summed E-state index contributed by atoms with van der Waals surface area (Å²) in [6, 6.07) is 0. The number of rotatable bonds is 7. The first-order valence-electron chi connectivity index (χ1n) is 8.69. The zero-order valence-electron chi connectivity index (χ0n) is 16.6. The monoisotopic (exact) mass is 430 g/mol. The molecule has 0 saturated heterocycles. The van der Waals surface area contributed by atoms with Gasteiger partial charge in [0.2, 0.25) is 0 Å². The van der Waals surface area contributed by atoms with Crippen molar-refractivity contribution in [2.45, 2.75) is 53.9 Å². The van der Waals surface area contributed by atoms with Crippen LogP contribution in [0.5, 0.6) is 0 Å². The average Bonchev–Trinajstić information content (AvgIpc) is 2.51. The van der Waals surface area contributed by atoms with Crippen molar-refractivity contribution in [1.29, 1.82) is 0 Å². The molecule has 0 spiro atoms. The maximum Gasteiger partial charge on any atom is 0.328 e. The van der Waals surface area contributed by atoms with E-state index in [0.717, 1.165) is 11.1 Å². The number of allylic oxidation sites excluding steroid dienone is 9. The van der Waals surface area contributed by atoms with Gasteiger partial charge in [-0.05, 0) is 63.2 Å². The molecule has 1 aliphatic carbocycles. The van der Waals surface area contributed by atoms with E-state index in [9.17, 15) is 9.59 Å². The summed E-state index contributed by atoms with van der Waals surface area (Å²) in [5, 5.41) is 0. The normalized spacial score (nSPS) is 18.2. The number of ether oxygens (including phenoxy) is 1. The van der Waals surface area contributed by atoms with E-state index in [2.05, 4.69) is 44.6 Å². The smallest absolute Gasteiger partial charge is 0.328 e. The van der Waals surface area contributed by atoms with Crippen molar-refractivity contribution in [3.05, 3.63) is 58.7 Å². The van der Waals surface area contributed by atoms with Crippen LogP contribution in [0.4, 0.5) is 0 Å². The summed E-state index contributed by atoms with van der Waals surface area (Å²) in [5.74, 6) is -0.534. The molecular weight excluding hydrogens is 401 g/mol. The summed E-state index contributed by atoms with van der Waals surface area (Å²) >= 11 is 0. The van der Waals surface area contributed by atoms with Crippen LogP contribution >= 0.6 is 0 Å². The molecule has 0 bridgehead atoms. The van der Waals surface area contributed by atoms with Crippen LogP contribution in [-0.4, -0.2) is 18.9 Å². The standard InChI is InChI=1S/C22H29O3.Y/c1-17(8-6-9-18(2)16-21(24)25-15-14-23)11-12-20-19(3)10-7-13-22(20,4)5;/h6,8-9,11-12,16H,7,10,13,15H2,1-5H3;/q-1;/b9-6+,12-11+,17-8+,18-16+;. The second-order valence-electron chi connectivity index (χ2n) is 7.17. The van der Waals surface area contributed by atoms with E-state index in [-0.39, 0.29) is 44.7 Å². The van der Waals surface area contributed by atoms with Crippen LogP contribution in [-0.2, 0) is 47.0 Å². The summed E-state index contributed by atoms with van der Waals surface area (Å²) in [6.45, 7) is 10.4. The fourth-order valence-corrected chi connectivity index (χ4v) is 3.01. The summed E-state index contributed by atoms with van der Waals surface area (Å²) in [7, 11) is 0. The molecule has 0 aromatic heterocycles. The second-order valence-corrected chi connectivity index (χ2v) is 7.17. The molecule has 0 atom stereocenters. The molecule has 0 fully saturated rings. The van der Waals surface area contributed by atoms with E-state index in [1.807, 2.05) is 18.2 Å². The van der Waals surface area contributed by atoms with Gasteiger partial charge in [-0.25, -0.2) is 11.1 Å². The fourth-order valence-electron chi connectivity index (χ4n) is 3.01. The molecule has 1 rings (SSSR count). The Bertz CT molecular complexity index is 646. The van der Waals surface area contributed by atoms with Crippen LogP contribution in [0, 0.1) is 5.41 Å². The van der Waals surface area contributed by atoms with E-state index in [1.165, 1.54) is 42.8 Å². The molecule has 0 unspecified atom stereocenters. The van der Waals surface area contributed by atoms with Crippen molar-refractivity contribution in [2.75, 3.05) is 6.61 Å². The molecule has 0 amide bonds. The van der Waals surface area contributed by atoms with E-state index < -0.39 is 5.97 Å². The van der Waals surface area contributed by atoms with Gasteiger partial charge in [0, 0.05) is 38.8 Å². The molecule has 0 N–H and O–H groups in total. The maximum absolute atomic E-state index is 11.3. The first-order chi connectivity index (χ1) is 11.8. The number of carbonyl (C=O) groups is 1. The molecule has 1 aliphatic rings. The van der Waals surface area contributed by atoms with Crippen LogP contribution in [0.1, 0.15) is 53.9 Å². The minimum Gasteiger partial charge on any atom is -0.539 e. The zero-order chi connectivity index (χ0) is 18.9. The Morgan fingerprint density at radius 2 is 1.92 bits per heavy atom. The predicted octanol–water partition coefficient (Wildman–Crippen LogP) is 5.17. The van der Waals surface area contributed by atoms with Gasteiger partial charge in [0.15, 0.2) is 0 Å². The van der Waals surface area contributed by atoms with Crippen LogP contribution in [0.25, 0.3) is 0 Å². The summed E-state index contributed by atoms with van der Waals surface area (Å²) < 4.78 is 4.62. The number of hydrogen-bond acceptors (Lipinski definition) is 3. The molecule has 139 valence electrons. The number of carbonyl (C=O) groups excluding carboxylic acids is 2. The minimum atomic E-state index is -0.534. The topological polar surface area (TPSA) is 43.4 Å². The SMILES string of the molecule is CC1=C(/C=C/C(C)=C/C=C/C(C)=C/C(=O)OC[C-]=O)C(C)(C)CCC1.[Y]. The Hall–Kier alpha value is -1.06. The Morgan fingerprint density at radius 3 is 2.54 bits per heavy atom. The molecule has 0 saturated carbocycles. The van der Waals surface area contributed by atoms with Gasteiger partial charge in [-0.15, -0.1) is 0 Å². The Labute approximate surface area is 183 Å². The zero-order valence-corrected chi connectivity index (χ0v) is 19.4. The van der Waals surface area contributed by atoms with Gasteiger partial charge in [0.05, 0.1) is 0 Å². The van der Waals surface area contributed by atoms with Gasteiger partial charge >= 0.3 is 5.97 Å². The molecule has 3 nitrogen and oxygen atoms in total. The molecule has 1 radical (unpaired) electrons. The quantitative estimate of drug-likeness (QED) is 0.242. The van der Waals surface area contributed by atoms with Gasteiger partial charge < -0.3 is 9.53 Å². The van der Waals surface area contributed by atoms with Crippen molar-refractivity contribution in [3.63, 3.8) is 0 Å². The summed E-state index contributed by atoms with van der Waals surface area (Å²) in [4.78, 5) is 21.4. The molecule has 0 heterocycles. The number of esters is 1. The Kier molecular flexibility index (Phi) is 11.9. The van der Waals surface area contributed by atoms with Gasteiger partial charge in [-0.2, -0.15) is 0 Å².